The highest BCUT2D eigenvalue weighted by atomic mass is 16.3. The van der Waals surface area contributed by atoms with Crippen LogP contribution in [0.15, 0.2) is 30.6 Å². The van der Waals surface area contributed by atoms with E-state index in [-0.39, 0.29) is 6.04 Å². The van der Waals surface area contributed by atoms with Crippen molar-refractivity contribution in [3.05, 3.63) is 30.6 Å². The molecule has 5 heteroatoms. The van der Waals surface area contributed by atoms with Crippen LogP contribution in [0.4, 0.5) is 5.82 Å². The summed E-state index contributed by atoms with van der Waals surface area (Å²) in [5, 5.41) is 12.5. The van der Waals surface area contributed by atoms with Gasteiger partial charge in [0.1, 0.15) is 11.5 Å². The molecule has 0 fully saturated rings. The molecule has 0 saturated carbocycles. The lowest BCUT2D eigenvalue weighted by molar-refractivity contribution is 0.168. The number of anilines is 1. The lowest BCUT2D eigenvalue weighted by Gasteiger charge is -2.16. The van der Waals surface area contributed by atoms with Crippen LogP contribution in [-0.2, 0) is 0 Å². The Labute approximate surface area is 93.9 Å². The zero-order valence-corrected chi connectivity index (χ0v) is 9.17. The summed E-state index contributed by atoms with van der Waals surface area (Å²) in [5.41, 5.74) is 6.63. The average Bonchev–Trinajstić information content (AvgIpc) is 2.73. The van der Waals surface area contributed by atoms with Gasteiger partial charge in [-0.1, -0.05) is 6.07 Å². The number of aliphatic hydroxyl groups excluding tert-OH is 1. The van der Waals surface area contributed by atoms with Crippen molar-refractivity contribution in [3.63, 3.8) is 0 Å². The molecular formula is C11H16N4O. The van der Waals surface area contributed by atoms with Crippen LogP contribution in [0.3, 0.4) is 0 Å². The van der Waals surface area contributed by atoms with E-state index in [9.17, 15) is 5.11 Å². The molecule has 2 atom stereocenters. The van der Waals surface area contributed by atoms with Crippen molar-refractivity contribution >= 4 is 11.5 Å². The molecule has 4 N–H and O–H groups in total. The van der Waals surface area contributed by atoms with Crippen molar-refractivity contribution in [1.29, 1.82) is 0 Å². The summed E-state index contributed by atoms with van der Waals surface area (Å²) >= 11 is 0. The van der Waals surface area contributed by atoms with Gasteiger partial charge in [0.05, 0.1) is 6.10 Å². The van der Waals surface area contributed by atoms with Crippen LogP contribution >= 0.6 is 0 Å². The third-order valence-corrected chi connectivity index (χ3v) is 2.57. The lowest BCUT2D eigenvalue weighted by Crippen LogP contribution is -2.38. The second-order valence-corrected chi connectivity index (χ2v) is 3.85. The van der Waals surface area contributed by atoms with Gasteiger partial charge in [0.2, 0.25) is 0 Å². The maximum Gasteiger partial charge on any atom is 0.138 e. The number of nitrogens with zero attached hydrogens (tertiary/aromatic N) is 2. The number of hydrogen-bond donors (Lipinski definition) is 3. The summed E-state index contributed by atoms with van der Waals surface area (Å²) in [6.45, 7) is 2.21. The van der Waals surface area contributed by atoms with E-state index in [0.29, 0.717) is 6.54 Å². The maximum absolute atomic E-state index is 9.29. The fraction of sp³-hybridized carbons (Fsp3) is 0.364. The van der Waals surface area contributed by atoms with Gasteiger partial charge in [-0.15, -0.1) is 0 Å². The first kappa shape index (κ1) is 10.9. The molecule has 0 amide bonds. The minimum Gasteiger partial charge on any atom is -0.392 e. The summed E-state index contributed by atoms with van der Waals surface area (Å²) in [4.78, 5) is 4.18. The van der Waals surface area contributed by atoms with Crippen molar-refractivity contribution < 1.29 is 5.11 Å². The monoisotopic (exact) mass is 220 g/mol. The molecule has 0 aliphatic carbocycles. The fourth-order valence-corrected chi connectivity index (χ4v) is 1.48. The Morgan fingerprint density at radius 1 is 1.56 bits per heavy atom. The second kappa shape index (κ2) is 4.51. The number of aliphatic hydroxyl groups is 1. The van der Waals surface area contributed by atoms with Crippen LogP contribution in [0.5, 0.6) is 0 Å². The SMILES string of the molecule is CC(O)C(N)CNc1cccc2nccn12. The van der Waals surface area contributed by atoms with Gasteiger partial charge in [0.25, 0.3) is 0 Å². The molecule has 5 nitrogen and oxygen atoms in total. The largest absolute Gasteiger partial charge is 0.392 e. The molecule has 2 unspecified atom stereocenters. The topological polar surface area (TPSA) is 75.6 Å². The Morgan fingerprint density at radius 3 is 3.12 bits per heavy atom. The van der Waals surface area contributed by atoms with Gasteiger partial charge >= 0.3 is 0 Å². The number of nitrogens with one attached hydrogen (secondary N) is 1. The molecule has 2 rings (SSSR count). The van der Waals surface area contributed by atoms with Crippen molar-refractivity contribution in [2.45, 2.75) is 19.1 Å². The van der Waals surface area contributed by atoms with Crippen molar-refractivity contribution in [3.8, 4) is 0 Å². The fourth-order valence-electron chi connectivity index (χ4n) is 1.48. The summed E-state index contributed by atoms with van der Waals surface area (Å²) in [6.07, 6.45) is 3.11. The first-order valence-electron chi connectivity index (χ1n) is 5.28. The van der Waals surface area contributed by atoms with E-state index in [0.717, 1.165) is 11.5 Å². The molecule has 2 heterocycles. The molecule has 0 radical (unpaired) electrons. The highest BCUT2D eigenvalue weighted by molar-refractivity contribution is 5.49. The highest BCUT2D eigenvalue weighted by Gasteiger charge is 2.09. The van der Waals surface area contributed by atoms with Crippen LogP contribution in [0.2, 0.25) is 0 Å². The summed E-state index contributed by atoms with van der Waals surface area (Å²) in [6, 6.07) is 5.53. The van der Waals surface area contributed by atoms with E-state index in [1.54, 1.807) is 13.1 Å². The van der Waals surface area contributed by atoms with E-state index in [1.165, 1.54) is 0 Å². The average molecular weight is 220 g/mol. The van der Waals surface area contributed by atoms with E-state index in [2.05, 4.69) is 10.3 Å². The minimum absolute atomic E-state index is 0.279. The van der Waals surface area contributed by atoms with E-state index < -0.39 is 6.10 Å². The van der Waals surface area contributed by atoms with Crippen molar-refractivity contribution in [2.75, 3.05) is 11.9 Å². The Balaban J connectivity index is 2.12. The van der Waals surface area contributed by atoms with Crippen LogP contribution in [0.25, 0.3) is 5.65 Å². The van der Waals surface area contributed by atoms with Gasteiger partial charge in [-0.2, -0.15) is 0 Å². The number of imidazole rings is 1. The number of nitrogens with two attached hydrogens (primary N) is 1. The van der Waals surface area contributed by atoms with Gasteiger partial charge < -0.3 is 16.2 Å². The maximum atomic E-state index is 9.29. The molecule has 2 aromatic rings. The third kappa shape index (κ3) is 2.15. The molecule has 0 saturated heterocycles. The summed E-state index contributed by atoms with van der Waals surface area (Å²) in [7, 11) is 0. The van der Waals surface area contributed by atoms with Gasteiger partial charge in [-0.25, -0.2) is 4.98 Å². The van der Waals surface area contributed by atoms with Crippen LogP contribution < -0.4 is 11.1 Å². The molecule has 0 aromatic carbocycles. The van der Waals surface area contributed by atoms with Crippen LogP contribution in [0.1, 0.15) is 6.92 Å². The first-order valence-corrected chi connectivity index (χ1v) is 5.28. The third-order valence-electron chi connectivity index (χ3n) is 2.57. The zero-order chi connectivity index (χ0) is 11.5. The number of aromatic nitrogens is 2. The number of pyridine rings is 1. The zero-order valence-electron chi connectivity index (χ0n) is 9.17. The number of hydrogen-bond acceptors (Lipinski definition) is 4. The second-order valence-electron chi connectivity index (χ2n) is 3.85. The van der Waals surface area contributed by atoms with Gasteiger partial charge in [0.15, 0.2) is 0 Å². The van der Waals surface area contributed by atoms with Crippen LogP contribution in [0, 0.1) is 0 Å². The van der Waals surface area contributed by atoms with Crippen LogP contribution in [-0.4, -0.2) is 33.2 Å². The Bertz CT molecular complexity index is 466. The van der Waals surface area contributed by atoms with Gasteiger partial charge in [0, 0.05) is 25.0 Å². The highest BCUT2D eigenvalue weighted by Crippen LogP contribution is 2.10. The van der Waals surface area contributed by atoms with Crippen molar-refractivity contribution in [2.24, 2.45) is 5.73 Å². The molecule has 0 aliphatic heterocycles. The summed E-state index contributed by atoms with van der Waals surface area (Å²) < 4.78 is 1.94. The lowest BCUT2D eigenvalue weighted by atomic mass is 10.2. The summed E-state index contributed by atoms with van der Waals surface area (Å²) in [5.74, 6) is 0.922. The molecular weight excluding hydrogens is 204 g/mol. The molecule has 2 aromatic heterocycles. The Morgan fingerprint density at radius 2 is 2.38 bits per heavy atom. The first-order chi connectivity index (χ1) is 7.68. The normalized spacial score (nSPS) is 14.9. The Hall–Kier alpha value is -1.59. The number of fused-ring (bicyclic) bond motifs is 1. The Kier molecular flexibility index (Phi) is 3.07. The molecule has 86 valence electrons. The minimum atomic E-state index is -0.519. The van der Waals surface area contributed by atoms with E-state index in [4.69, 9.17) is 5.73 Å². The number of rotatable bonds is 4. The van der Waals surface area contributed by atoms with E-state index >= 15 is 0 Å². The van der Waals surface area contributed by atoms with E-state index in [1.807, 2.05) is 28.8 Å². The predicted octanol–water partition coefficient (Wildman–Crippen LogP) is 0.454. The molecule has 0 aliphatic rings. The smallest absolute Gasteiger partial charge is 0.138 e. The quantitative estimate of drug-likeness (QED) is 0.699. The molecule has 0 spiro atoms. The standard InChI is InChI=1S/C11H16N4O/c1-8(16)9(12)7-14-11-4-2-3-10-13-5-6-15(10)11/h2-6,8-9,14,16H,7,12H2,1H3. The predicted molar refractivity (Wildman–Crippen MR) is 63.3 cm³/mol. The van der Waals surface area contributed by atoms with Gasteiger partial charge in [-0.3, -0.25) is 4.40 Å². The molecule has 16 heavy (non-hydrogen) atoms. The van der Waals surface area contributed by atoms with Gasteiger partial charge in [-0.05, 0) is 19.1 Å². The molecule has 0 bridgehead atoms. The van der Waals surface area contributed by atoms with Crippen molar-refractivity contribution in [1.82, 2.24) is 9.38 Å².